The van der Waals surface area contributed by atoms with Crippen LogP contribution in [-0.4, -0.2) is 23.5 Å². The van der Waals surface area contributed by atoms with Crippen molar-refractivity contribution in [3.05, 3.63) is 51.5 Å². The molecule has 0 atom stereocenters. The number of anilines is 2. The van der Waals surface area contributed by atoms with Gasteiger partial charge in [-0.05, 0) is 67.4 Å². The molecule has 0 unspecified atom stereocenters. The van der Waals surface area contributed by atoms with Crippen LogP contribution in [0.2, 0.25) is 5.02 Å². The van der Waals surface area contributed by atoms with Gasteiger partial charge >= 0.3 is 0 Å². The summed E-state index contributed by atoms with van der Waals surface area (Å²) in [6.45, 7) is 6.66. The molecule has 2 amide bonds. The lowest BCUT2D eigenvalue weighted by Gasteiger charge is -2.15. The fourth-order valence-corrected chi connectivity index (χ4v) is 3.41. The Kier molecular flexibility index (Phi) is 10.4. The number of hydrogen-bond donors (Lipinski definition) is 3. The highest BCUT2D eigenvalue weighted by Crippen LogP contribution is 2.26. The molecule has 0 spiro atoms. The number of carbonyl (C=O) groups excluding carboxylic acids is 2. The van der Waals surface area contributed by atoms with E-state index in [2.05, 4.69) is 45.7 Å². The molecule has 0 saturated carbocycles. The average Bonchev–Trinajstić information content (AvgIpc) is 2.71. The van der Waals surface area contributed by atoms with Crippen LogP contribution in [0.3, 0.4) is 0 Å². The van der Waals surface area contributed by atoms with E-state index in [4.69, 9.17) is 28.6 Å². The first-order valence-electron chi connectivity index (χ1n) is 10.3. The molecule has 0 bridgehead atoms. The van der Waals surface area contributed by atoms with Crippen molar-refractivity contribution in [2.45, 2.75) is 40.0 Å². The van der Waals surface area contributed by atoms with Gasteiger partial charge in [-0.2, -0.15) is 0 Å². The van der Waals surface area contributed by atoms with Crippen molar-refractivity contribution in [2.24, 2.45) is 5.92 Å². The Morgan fingerprint density at radius 2 is 1.91 bits per heavy atom. The minimum Gasteiger partial charge on any atom is -0.493 e. The topological polar surface area (TPSA) is 79.5 Å². The maximum Gasteiger partial charge on any atom is 0.261 e. The number of benzene rings is 2. The molecule has 2 rings (SSSR count). The van der Waals surface area contributed by atoms with Crippen LogP contribution in [0.4, 0.5) is 11.4 Å². The zero-order chi connectivity index (χ0) is 23.7. The van der Waals surface area contributed by atoms with Crippen LogP contribution in [0, 0.1) is 5.92 Å². The summed E-state index contributed by atoms with van der Waals surface area (Å²) in [5, 5.41) is 8.84. The minimum atomic E-state index is -0.410. The summed E-state index contributed by atoms with van der Waals surface area (Å²) in [7, 11) is 0. The van der Waals surface area contributed by atoms with Crippen molar-refractivity contribution in [1.82, 2.24) is 5.32 Å². The fourth-order valence-electron chi connectivity index (χ4n) is 2.68. The van der Waals surface area contributed by atoms with Gasteiger partial charge in [0.2, 0.25) is 5.91 Å². The second-order valence-corrected chi connectivity index (χ2v) is 9.30. The lowest BCUT2D eigenvalue weighted by atomic mass is 10.1. The highest BCUT2D eigenvalue weighted by molar-refractivity contribution is 9.10. The lowest BCUT2D eigenvalue weighted by molar-refractivity contribution is -0.116. The molecule has 32 heavy (non-hydrogen) atoms. The molecule has 0 heterocycles. The van der Waals surface area contributed by atoms with Crippen molar-refractivity contribution >= 4 is 68.1 Å². The molecule has 0 aromatic heterocycles. The maximum absolute atomic E-state index is 12.9. The normalized spacial score (nSPS) is 10.6. The third-order valence-corrected chi connectivity index (χ3v) is 5.37. The number of halogens is 2. The molecule has 172 valence electrons. The molecule has 6 nitrogen and oxygen atoms in total. The van der Waals surface area contributed by atoms with Gasteiger partial charge in [-0.15, -0.1) is 0 Å². The lowest BCUT2D eigenvalue weighted by Crippen LogP contribution is -2.34. The second kappa shape index (κ2) is 12.8. The monoisotopic (exact) mass is 539 g/mol. The van der Waals surface area contributed by atoms with Gasteiger partial charge in [-0.1, -0.05) is 48.3 Å². The molecule has 3 N–H and O–H groups in total. The van der Waals surface area contributed by atoms with E-state index in [1.807, 2.05) is 13.0 Å². The molecule has 2 aromatic rings. The molecular weight excluding hydrogens is 514 g/mol. The van der Waals surface area contributed by atoms with Gasteiger partial charge in [0.05, 0.1) is 22.9 Å². The van der Waals surface area contributed by atoms with Crippen LogP contribution >= 0.6 is 39.7 Å². The van der Waals surface area contributed by atoms with Gasteiger partial charge in [-0.25, -0.2) is 0 Å². The summed E-state index contributed by atoms with van der Waals surface area (Å²) in [6.07, 6.45) is 2.05. The number of nitrogens with one attached hydrogen (secondary N) is 3. The second-order valence-electron chi connectivity index (χ2n) is 7.57. The van der Waals surface area contributed by atoms with Gasteiger partial charge in [-0.3, -0.25) is 14.9 Å². The van der Waals surface area contributed by atoms with E-state index in [1.165, 1.54) is 0 Å². The Labute approximate surface area is 207 Å². The molecule has 0 saturated heterocycles. The molecule has 0 radical (unpaired) electrons. The van der Waals surface area contributed by atoms with E-state index < -0.39 is 5.91 Å². The SMILES string of the molecule is CCCC(=O)Nc1ccc(Cl)c(NC(=S)NC(=O)c2cc(Br)ccc2OCCC(C)C)c1. The first-order chi connectivity index (χ1) is 15.2. The summed E-state index contributed by atoms with van der Waals surface area (Å²) in [4.78, 5) is 24.7. The van der Waals surface area contributed by atoms with E-state index in [9.17, 15) is 9.59 Å². The van der Waals surface area contributed by atoms with Gasteiger partial charge < -0.3 is 15.4 Å². The third-order valence-electron chi connectivity index (χ3n) is 4.34. The number of carbonyl (C=O) groups is 2. The predicted molar refractivity (Wildman–Crippen MR) is 138 cm³/mol. The van der Waals surface area contributed by atoms with Gasteiger partial charge in [0.25, 0.3) is 5.91 Å². The summed E-state index contributed by atoms with van der Waals surface area (Å²) in [6, 6.07) is 10.2. The summed E-state index contributed by atoms with van der Waals surface area (Å²) in [5.41, 5.74) is 1.41. The standard InChI is InChI=1S/C23H27BrClN3O3S/c1-4-5-21(29)26-16-7-8-18(25)19(13-16)27-23(32)28-22(30)17-12-15(24)6-9-20(17)31-11-10-14(2)3/h6-9,12-14H,4-5,10-11H2,1-3H3,(H,26,29)(H2,27,28,30,32). The summed E-state index contributed by atoms with van der Waals surface area (Å²) in [5.74, 6) is 0.475. The van der Waals surface area contributed by atoms with Crippen LogP contribution in [0.25, 0.3) is 0 Å². The first kappa shape index (κ1) is 26.1. The maximum atomic E-state index is 12.9. The van der Waals surface area contributed by atoms with Crippen molar-refractivity contribution in [2.75, 3.05) is 17.2 Å². The van der Waals surface area contributed by atoms with Crippen molar-refractivity contribution in [3.8, 4) is 5.75 Å². The van der Waals surface area contributed by atoms with Crippen molar-refractivity contribution in [3.63, 3.8) is 0 Å². The molecular formula is C23H27BrClN3O3S. The molecule has 0 aliphatic carbocycles. The number of ether oxygens (including phenoxy) is 1. The summed E-state index contributed by atoms with van der Waals surface area (Å²) >= 11 is 14.9. The van der Waals surface area contributed by atoms with E-state index in [0.717, 1.165) is 17.3 Å². The average molecular weight is 541 g/mol. The molecule has 0 fully saturated rings. The van der Waals surface area contributed by atoms with Gasteiger partial charge in [0, 0.05) is 16.6 Å². The highest BCUT2D eigenvalue weighted by Gasteiger charge is 2.16. The number of rotatable bonds is 9. The Hall–Kier alpha value is -2.16. The third kappa shape index (κ3) is 8.41. The van der Waals surface area contributed by atoms with Crippen LogP contribution in [0.15, 0.2) is 40.9 Å². The Morgan fingerprint density at radius 1 is 1.16 bits per heavy atom. The Bertz CT molecular complexity index is 985. The zero-order valence-electron chi connectivity index (χ0n) is 18.3. The number of hydrogen-bond acceptors (Lipinski definition) is 4. The smallest absolute Gasteiger partial charge is 0.261 e. The van der Waals surface area contributed by atoms with Crippen molar-refractivity contribution < 1.29 is 14.3 Å². The molecule has 0 aliphatic heterocycles. The minimum absolute atomic E-state index is 0.0713. The largest absolute Gasteiger partial charge is 0.493 e. The number of thiocarbonyl (C=S) groups is 1. The van der Waals surface area contributed by atoms with E-state index in [0.29, 0.717) is 46.7 Å². The van der Waals surface area contributed by atoms with Crippen LogP contribution in [0.1, 0.15) is 50.4 Å². The van der Waals surface area contributed by atoms with Crippen LogP contribution in [0.5, 0.6) is 5.75 Å². The predicted octanol–water partition coefficient (Wildman–Crippen LogP) is 6.39. The zero-order valence-corrected chi connectivity index (χ0v) is 21.4. The first-order valence-corrected chi connectivity index (χ1v) is 11.9. The molecule has 2 aromatic carbocycles. The van der Waals surface area contributed by atoms with E-state index >= 15 is 0 Å². The number of amides is 2. The molecule has 0 aliphatic rings. The Balaban J connectivity index is 2.08. The highest BCUT2D eigenvalue weighted by atomic mass is 79.9. The van der Waals surface area contributed by atoms with E-state index in [-0.39, 0.29) is 11.0 Å². The summed E-state index contributed by atoms with van der Waals surface area (Å²) < 4.78 is 6.56. The van der Waals surface area contributed by atoms with Crippen LogP contribution in [-0.2, 0) is 4.79 Å². The fraction of sp³-hybridized carbons (Fsp3) is 0.348. The van der Waals surface area contributed by atoms with Crippen LogP contribution < -0.4 is 20.7 Å². The quantitative estimate of drug-likeness (QED) is 0.321. The van der Waals surface area contributed by atoms with Gasteiger partial charge in [0.15, 0.2) is 5.11 Å². The van der Waals surface area contributed by atoms with E-state index in [1.54, 1.807) is 30.3 Å². The molecule has 9 heteroatoms. The van der Waals surface area contributed by atoms with Gasteiger partial charge in [0.1, 0.15) is 5.75 Å². The Morgan fingerprint density at radius 3 is 2.59 bits per heavy atom. The van der Waals surface area contributed by atoms with Crippen molar-refractivity contribution in [1.29, 1.82) is 0 Å².